The highest BCUT2D eigenvalue weighted by molar-refractivity contribution is 5.66. The van der Waals surface area contributed by atoms with Crippen molar-refractivity contribution in [1.29, 1.82) is 0 Å². The predicted molar refractivity (Wildman–Crippen MR) is 440 cm³/mol. The second-order valence-electron chi connectivity index (χ2n) is 27.6. The molecule has 13 rings (SSSR count). The molecule has 544 valence electrons. The predicted octanol–water partition coefficient (Wildman–Crippen LogP) is 21.5. The van der Waals surface area contributed by atoms with E-state index in [1.165, 1.54) is 140 Å². The summed E-state index contributed by atoms with van der Waals surface area (Å²) in [5.41, 5.74) is 31.1. The van der Waals surface area contributed by atoms with Gasteiger partial charge >= 0.3 is 0 Å². The zero-order chi connectivity index (χ0) is 70.8. The van der Waals surface area contributed by atoms with Gasteiger partial charge in [-0.25, -0.2) is 41.1 Å². The third-order valence-corrected chi connectivity index (χ3v) is 19.0. The van der Waals surface area contributed by atoms with Crippen molar-refractivity contribution in [1.82, 2.24) is 22.8 Å². The monoisotopic (exact) mass is 1380 g/mol. The normalized spacial score (nSPS) is 10.5. The highest BCUT2D eigenvalue weighted by Gasteiger charge is 2.26. The zero-order valence-corrected chi connectivity index (χ0v) is 62.6. The van der Waals surface area contributed by atoms with Crippen molar-refractivity contribution in [2.75, 3.05) is 0 Å². The van der Waals surface area contributed by atoms with Gasteiger partial charge in [-0.15, -0.1) is 0 Å². The molecule has 13 aromatic rings. The van der Waals surface area contributed by atoms with E-state index >= 15 is 0 Å². The fourth-order valence-electron chi connectivity index (χ4n) is 13.4. The molecule has 0 saturated heterocycles. The first kappa shape index (κ1) is 85.2. The minimum Gasteiger partial charge on any atom is -0.239 e. The van der Waals surface area contributed by atoms with E-state index in [-0.39, 0.29) is 37.1 Å². The summed E-state index contributed by atoms with van der Waals surface area (Å²) >= 11 is 0. The molecule has 8 aromatic carbocycles. The van der Waals surface area contributed by atoms with Crippen molar-refractivity contribution in [3.05, 3.63) is 299 Å². The molecule has 0 atom stereocenters. The summed E-state index contributed by atoms with van der Waals surface area (Å²) in [7, 11) is 12.6. The Morgan fingerprint density at radius 3 is 0.903 bits per heavy atom. The van der Waals surface area contributed by atoms with E-state index in [1.807, 2.05) is 7.05 Å². The van der Waals surface area contributed by atoms with E-state index in [0.717, 1.165) is 0 Å². The number of aromatic nitrogens is 10. The number of benzene rings is 8. The van der Waals surface area contributed by atoms with Crippen LogP contribution in [0, 0.1) is 69.2 Å². The van der Waals surface area contributed by atoms with Gasteiger partial charge in [0.05, 0.1) is 48.3 Å². The Hall–Kier alpha value is -10.2. The van der Waals surface area contributed by atoms with Crippen LogP contribution in [0.5, 0.6) is 0 Å². The SMILES string of the molecule is C.C.C.C.C.Cc1ccccc1-c1c[n+](-c2c(C(C)C)cccc2C(C)C)cn1C.Cc1ccccc1-c1c[n+](-c2c(C)cccc2C)c(C)n1C.Cc1ccccc1-c1c[n+](-c2c(C)cccc2C)cn1C.Cc1ccccc1-c1c[n+](C(C)C)cn1C.Cc1ccccc1-c1c[n+](C)cn1C. The summed E-state index contributed by atoms with van der Waals surface area (Å²) in [6.45, 7) is 35.1. The van der Waals surface area contributed by atoms with Gasteiger partial charge in [0.1, 0.15) is 48.0 Å². The Morgan fingerprint density at radius 2 is 0.573 bits per heavy atom. The minimum absolute atomic E-state index is 0. The van der Waals surface area contributed by atoms with E-state index in [9.17, 15) is 0 Å². The Bertz CT molecular complexity index is 4810. The molecule has 10 heteroatoms. The van der Waals surface area contributed by atoms with Crippen LogP contribution in [0.2, 0.25) is 0 Å². The lowest BCUT2D eigenvalue weighted by molar-refractivity contribution is -0.715. The number of hydrogen-bond acceptors (Lipinski definition) is 0. The van der Waals surface area contributed by atoms with E-state index in [1.54, 1.807) is 0 Å². The van der Waals surface area contributed by atoms with Gasteiger partial charge in [0, 0.05) is 45.9 Å². The first-order valence-corrected chi connectivity index (χ1v) is 34.6. The molecule has 5 heterocycles. The van der Waals surface area contributed by atoms with Crippen molar-refractivity contribution in [3.8, 4) is 73.3 Å². The molecule has 0 radical (unpaired) electrons. The van der Waals surface area contributed by atoms with Crippen LogP contribution in [0.1, 0.15) is 164 Å². The van der Waals surface area contributed by atoms with Crippen LogP contribution in [0.4, 0.5) is 0 Å². The van der Waals surface area contributed by atoms with Gasteiger partial charge < -0.3 is 0 Å². The summed E-state index contributed by atoms with van der Waals surface area (Å²) < 4.78 is 22.2. The molecular weight excluding hydrogens is 1260 g/mol. The molecule has 0 bridgehead atoms. The number of para-hydroxylation sites is 3. The lowest BCUT2D eigenvalue weighted by Gasteiger charge is -2.16. The fourth-order valence-corrected chi connectivity index (χ4v) is 13.4. The van der Waals surface area contributed by atoms with E-state index in [2.05, 4.69) is 424 Å². The van der Waals surface area contributed by atoms with E-state index < -0.39 is 0 Å². The van der Waals surface area contributed by atoms with Gasteiger partial charge in [0.2, 0.25) is 25.3 Å². The molecule has 0 amide bonds. The van der Waals surface area contributed by atoms with Gasteiger partial charge in [-0.2, -0.15) is 4.57 Å². The average Bonchev–Trinajstić information content (AvgIpc) is 1.68. The number of hydrogen-bond donors (Lipinski definition) is 0. The molecular formula is C93H127N10+5. The van der Waals surface area contributed by atoms with E-state index in [4.69, 9.17) is 0 Å². The Kier molecular flexibility index (Phi) is 31.2. The highest BCUT2D eigenvalue weighted by Crippen LogP contribution is 2.31. The topological polar surface area (TPSA) is 44.0 Å². The molecule has 0 saturated carbocycles. The first-order valence-electron chi connectivity index (χ1n) is 34.6. The van der Waals surface area contributed by atoms with Crippen LogP contribution in [-0.4, -0.2) is 22.8 Å². The van der Waals surface area contributed by atoms with Gasteiger partial charge in [0.25, 0.3) is 5.82 Å². The summed E-state index contributed by atoms with van der Waals surface area (Å²) in [4.78, 5) is 0. The van der Waals surface area contributed by atoms with Crippen molar-refractivity contribution >= 4 is 0 Å². The van der Waals surface area contributed by atoms with Crippen molar-refractivity contribution in [2.24, 2.45) is 42.3 Å². The summed E-state index contributed by atoms with van der Waals surface area (Å²) in [6.07, 6.45) is 19.7. The highest BCUT2D eigenvalue weighted by atomic mass is 15.2. The van der Waals surface area contributed by atoms with Crippen molar-refractivity contribution in [3.63, 3.8) is 0 Å². The lowest BCUT2D eigenvalue weighted by Crippen LogP contribution is -2.34. The summed E-state index contributed by atoms with van der Waals surface area (Å²) in [5, 5.41) is 0. The number of nitrogens with zero attached hydrogens (tertiary/aromatic N) is 10. The van der Waals surface area contributed by atoms with Gasteiger partial charge in [-0.05, 0) is 138 Å². The Labute approximate surface area is 622 Å². The molecule has 0 aliphatic rings. The Balaban J connectivity index is 0.000000273. The van der Waals surface area contributed by atoms with Gasteiger partial charge in [-0.3, -0.25) is 0 Å². The smallest absolute Gasteiger partial charge is 0.239 e. The largest absolute Gasteiger partial charge is 0.258 e. The molecule has 0 aliphatic carbocycles. The summed E-state index contributed by atoms with van der Waals surface area (Å²) in [6, 6.07) is 62.7. The third-order valence-electron chi connectivity index (χ3n) is 19.0. The molecule has 5 aromatic heterocycles. The van der Waals surface area contributed by atoms with Gasteiger partial charge in [0.15, 0.2) is 28.5 Å². The summed E-state index contributed by atoms with van der Waals surface area (Å²) in [5.74, 6) is 2.21. The van der Waals surface area contributed by atoms with Crippen molar-refractivity contribution < 1.29 is 22.8 Å². The molecule has 0 N–H and O–H groups in total. The fraction of sp³-hybridized carbons (Fsp3) is 0.323. The average molecular weight is 1390 g/mol. The van der Waals surface area contributed by atoms with Crippen LogP contribution in [0.3, 0.4) is 0 Å². The molecule has 0 aliphatic heterocycles. The van der Waals surface area contributed by atoms with Crippen LogP contribution in [-0.2, 0) is 42.3 Å². The number of aryl methyl sites for hydroxylation is 14. The molecule has 10 nitrogen and oxygen atoms in total. The maximum Gasteiger partial charge on any atom is 0.258 e. The van der Waals surface area contributed by atoms with Crippen LogP contribution in [0.15, 0.2) is 232 Å². The third kappa shape index (κ3) is 19.5. The number of imidazole rings is 5. The van der Waals surface area contributed by atoms with Crippen molar-refractivity contribution in [2.45, 2.75) is 166 Å². The number of rotatable bonds is 11. The minimum atomic E-state index is 0. The van der Waals surface area contributed by atoms with Crippen LogP contribution < -0.4 is 22.8 Å². The lowest BCUT2D eigenvalue weighted by atomic mass is 9.92. The second kappa shape index (κ2) is 37.6. The first-order chi connectivity index (χ1) is 46.7. The molecule has 0 fully saturated rings. The van der Waals surface area contributed by atoms with E-state index in [0.29, 0.717) is 17.9 Å². The van der Waals surface area contributed by atoms with Crippen LogP contribution in [0.25, 0.3) is 73.3 Å². The van der Waals surface area contributed by atoms with Crippen LogP contribution >= 0.6 is 0 Å². The molecule has 0 unspecified atom stereocenters. The standard InChI is InChI=1S/C23H29N2.C20H23N2.C19H21N2.C14H19N2.C12H15N2.5CH4/c1-16(2)19-12-9-13-20(17(3)4)23(19)25-14-22(24(6)15-25)21-11-8-7-10-18(21)5;1-14-9-6-7-12-18(14)19-13-22(17(4)21(19)5)20-15(2)10-8-11-16(20)3;1-14-8-5-6-11-17(14)18-12-21(13-20(18)4)19-15(2)9-7-10-16(19)3;1-11(2)16-9-14(15(4)10-16)13-8-6-5-7-12(13)3;1-10-6-4-5-7-11(10)12-8-13(2)9-14(12)3;;;;;/h7-17H,1-6H3;6-13H,1-5H3;5-13H,1-4H3;5-11H,1-4H3;4-9H,1-3H3;5*1H4/q5*+1;;;;;. The zero-order valence-electron chi connectivity index (χ0n) is 62.6. The second-order valence-corrected chi connectivity index (χ2v) is 27.6. The molecule has 0 spiro atoms. The molecule has 103 heavy (non-hydrogen) atoms. The van der Waals surface area contributed by atoms with Gasteiger partial charge in [-0.1, -0.05) is 241 Å². The quantitative estimate of drug-likeness (QED) is 0.116. The maximum atomic E-state index is 2.31. The maximum absolute atomic E-state index is 2.31. The Morgan fingerprint density at radius 1 is 0.282 bits per heavy atom.